The molecule has 2 aliphatic heterocycles. The molecule has 0 spiro atoms. The van der Waals surface area contributed by atoms with E-state index in [1.54, 1.807) is 6.33 Å². The minimum absolute atomic E-state index is 0.601. The maximum Gasteiger partial charge on any atom is 0.137 e. The molecule has 0 aliphatic carbocycles. The molecule has 0 aromatic carbocycles. The highest BCUT2D eigenvalue weighted by atomic mass is 15.3. The number of aromatic nitrogens is 2. The number of nitrogens with two attached hydrogens (primary N) is 1. The summed E-state index contributed by atoms with van der Waals surface area (Å²) in [6, 6.07) is 0.708. The van der Waals surface area contributed by atoms with E-state index in [4.69, 9.17) is 5.73 Å². The van der Waals surface area contributed by atoms with Crippen molar-refractivity contribution in [3.8, 4) is 0 Å². The zero-order chi connectivity index (χ0) is 11.8. The van der Waals surface area contributed by atoms with Crippen LogP contribution in [-0.4, -0.2) is 47.1 Å². The van der Waals surface area contributed by atoms with Crippen molar-refractivity contribution in [2.75, 3.05) is 36.8 Å². The third-order valence-corrected chi connectivity index (χ3v) is 3.98. The number of piperazine rings is 1. The molecule has 1 unspecified atom stereocenters. The lowest BCUT2D eigenvalue weighted by Crippen LogP contribution is -2.50. The number of anilines is 2. The van der Waals surface area contributed by atoms with Crippen molar-refractivity contribution in [3.05, 3.63) is 11.9 Å². The second kappa shape index (κ2) is 4.14. The van der Waals surface area contributed by atoms with Crippen LogP contribution in [0.1, 0.15) is 18.4 Å². The highest BCUT2D eigenvalue weighted by Gasteiger charge is 2.31. The third-order valence-electron chi connectivity index (χ3n) is 3.98. The molecule has 2 saturated heterocycles. The van der Waals surface area contributed by atoms with Crippen molar-refractivity contribution >= 4 is 11.6 Å². The molecule has 2 aliphatic rings. The number of rotatable bonds is 1. The summed E-state index contributed by atoms with van der Waals surface area (Å²) in [5.74, 6) is 1.62. The molecular formula is C12H19N5. The van der Waals surface area contributed by atoms with Crippen LogP contribution >= 0.6 is 0 Å². The summed E-state index contributed by atoms with van der Waals surface area (Å²) >= 11 is 0. The van der Waals surface area contributed by atoms with Crippen molar-refractivity contribution in [2.24, 2.45) is 0 Å². The quantitative estimate of drug-likeness (QED) is 0.772. The highest BCUT2D eigenvalue weighted by Crippen LogP contribution is 2.27. The molecule has 92 valence electrons. The summed E-state index contributed by atoms with van der Waals surface area (Å²) < 4.78 is 0. The van der Waals surface area contributed by atoms with Gasteiger partial charge in [-0.1, -0.05) is 0 Å². The lowest BCUT2D eigenvalue weighted by Gasteiger charge is -2.38. The maximum atomic E-state index is 5.85. The largest absolute Gasteiger partial charge is 0.383 e. The molecular weight excluding hydrogens is 214 g/mol. The first-order chi connectivity index (χ1) is 8.25. The fourth-order valence-corrected chi connectivity index (χ4v) is 2.96. The summed E-state index contributed by atoms with van der Waals surface area (Å²) in [5.41, 5.74) is 6.86. The van der Waals surface area contributed by atoms with Crippen LogP contribution in [0, 0.1) is 6.92 Å². The van der Waals surface area contributed by atoms with Gasteiger partial charge in [0.25, 0.3) is 0 Å². The average molecular weight is 233 g/mol. The van der Waals surface area contributed by atoms with E-state index in [0.717, 1.165) is 31.0 Å². The van der Waals surface area contributed by atoms with E-state index in [1.807, 2.05) is 6.92 Å². The van der Waals surface area contributed by atoms with Gasteiger partial charge in [0.2, 0.25) is 0 Å². The van der Waals surface area contributed by atoms with Crippen LogP contribution in [0.3, 0.4) is 0 Å². The number of fused-ring (bicyclic) bond motifs is 1. The van der Waals surface area contributed by atoms with Crippen molar-refractivity contribution in [3.63, 3.8) is 0 Å². The summed E-state index contributed by atoms with van der Waals surface area (Å²) in [5, 5.41) is 0. The molecule has 1 aromatic rings. The Bertz CT molecular complexity index is 419. The predicted octanol–water partition coefficient (Wildman–Crippen LogP) is 0.652. The van der Waals surface area contributed by atoms with E-state index in [1.165, 1.54) is 19.4 Å². The van der Waals surface area contributed by atoms with Crippen molar-refractivity contribution in [1.82, 2.24) is 14.9 Å². The topological polar surface area (TPSA) is 58.3 Å². The molecule has 3 heterocycles. The fraction of sp³-hybridized carbons (Fsp3) is 0.667. The lowest BCUT2D eigenvalue weighted by molar-refractivity contribution is 0.230. The Morgan fingerprint density at radius 3 is 3.06 bits per heavy atom. The summed E-state index contributed by atoms with van der Waals surface area (Å²) in [6.45, 7) is 6.55. The molecule has 2 N–H and O–H groups in total. The molecule has 0 bridgehead atoms. The molecule has 2 fully saturated rings. The number of nitrogens with zero attached hydrogens (tertiary/aromatic N) is 4. The SMILES string of the molecule is Cc1c(N)ncnc1N1CCN2CCCC2C1. The fourth-order valence-electron chi connectivity index (χ4n) is 2.96. The molecule has 17 heavy (non-hydrogen) atoms. The van der Waals surface area contributed by atoms with Gasteiger partial charge < -0.3 is 10.6 Å². The summed E-state index contributed by atoms with van der Waals surface area (Å²) in [6.07, 6.45) is 4.22. The van der Waals surface area contributed by atoms with Crippen LogP contribution in [0.25, 0.3) is 0 Å². The van der Waals surface area contributed by atoms with E-state index in [-0.39, 0.29) is 0 Å². The second-order valence-electron chi connectivity index (χ2n) is 4.99. The Kier molecular flexibility index (Phi) is 2.63. The molecule has 0 radical (unpaired) electrons. The van der Waals surface area contributed by atoms with Crippen LogP contribution in [-0.2, 0) is 0 Å². The zero-order valence-electron chi connectivity index (χ0n) is 10.3. The number of hydrogen-bond acceptors (Lipinski definition) is 5. The minimum atomic E-state index is 0.601. The molecule has 1 atom stereocenters. The molecule has 1 aromatic heterocycles. The zero-order valence-corrected chi connectivity index (χ0v) is 10.3. The third kappa shape index (κ3) is 1.84. The Hall–Kier alpha value is -1.36. The monoisotopic (exact) mass is 233 g/mol. The van der Waals surface area contributed by atoms with Crippen molar-refractivity contribution in [1.29, 1.82) is 0 Å². The van der Waals surface area contributed by atoms with Gasteiger partial charge in [0.05, 0.1) is 0 Å². The van der Waals surface area contributed by atoms with Gasteiger partial charge in [-0.05, 0) is 26.3 Å². The smallest absolute Gasteiger partial charge is 0.137 e. The Balaban J connectivity index is 1.82. The molecule has 0 amide bonds. The molecule has 3 rings (SSSR count). The van der Waals surface area contributed by atoms with Gasteiger partial charge in [-0.25, -0.2) is 9.97 Å². The van der Waals surface area contributed by atoms with E-state index >= 15 is 0 Å². The Morgan fingerprint density at radius 2 is 2.18 bits per heavy atom. The van der Waals surface area contributed by atoms with Gasteiger partial charge in [0, 0.05) is 31.2 Å². The van der Waals surface area contributed by atoms with Crippen LogP contribution in [0.15, 0.2) is 6.33 Å². The number of nitrogen functional groups attached to an aromatic ring is 1. The van der Waals surface area contributed by atoms with Crippen LogP contribution in [0.2, 0.25) is 0 Å². The van der Waals surface area contributed by atoms with Gasteiger partial charge in [-0.15, -0.1) is 0 Å². The maximum absolute atomic E-state index is 5.85. The van der Waals surface area contributed by atoms with Gasteiger partial charge in [-0.3, -0.25) is 4.90 Å². The van der Waals surface area contributed by atoms with Crippen LogP contribution < -0.4 is 10.6 Å². The molecule has 5 heteroatoms. The minimum Gasteiger partial charge on any atom is -0.383 e. The van der Waals surface area contributed by atoms with E-state index < -0.39 is 0 Å². The van der Waals surface area contributed by atoms with Crippen LogP contribution in [0.5, 0.6) is 0 Å². The second-order valence-corrected chi connectivity index (χ2v) is 4.99. The Labute approximate surface area is 102 Å². The standard InChI is InChI=1S/C12H19N5/c1-9-11(13)14-8-15-12(9)17-6-5-16-4-2-3-10(16)7-17/h8,10H,2-7H2,1H3,(H2,13,14,15). The van der Waals surface area contributed by atoms with Gasteiger partial charge in [-0.2, -0.15) is 0 Å². The average Bonchev–Trinajstić information content (AvgIpc) is 2.79. The van der Waals surface area contributed by atoms with E-state index in [0.29, 0.717) is 11.9 Å². The molecule has 5 nitrogen and oxygen atoms in total. The Morgan fingerprint density at radius 1 is 1.29 bits per heavy atom. The molecule has 0 saturated carbocycles. The first-order valence-corrected chi connectivity index (χ1v) is 6.32. The van der Waals surface area contributed by atoms with Gasteiger partial charge >= 0.3 is 0 Å². The highest BCUT2D eigenvalue weighted by molar-refractivity contribution is 5.56. The number of hydrogen-bond donors (Lipinski definition) is 1. The van der Waals surface area contributed by atoms with Crippen LogP contribution in [0.4, 0.5) is 11.6 Å². The van der Waals surface area contributed by atoms with E-state index in [2.05, 4.69) is 19.8 Å². The van der Waals surface area contributed by atoms with Gasteiger partial charge in [0.1, 0.15) is 18.0 Å². The van der Waals surface area contributed by atoms with Crippen molar-refractivity contribution < 1.29 is 0 Å². The first-order valence-electron chi connectivity index (χ1n) is 6.32. The van der Waals surface area contributed by atoms with Crippen molar-refractivity contribution in [2.45, 2.75) is 25.8 Å². The summed E-state index contributed by atoms with van der Waals surface area (Å²) in [7, 11) is 0. The predicted molar refractivity (Wildman–Crippen MR) is 68.0 cm³/mol. The first kappa shape index (κ1) is 10.8. The lowest BCUT2D eigenvalue weighted by atomic mass is 10.1. The van der Waals surface area contributed by atoms with Gasteiger partial charge in [0.15, 0.2) is 0 Å². The summed E-state index contributed by atoms with van der Waals surface area (Å²) in [4.78, 5) is 13.4. The van der Waals surface area contributed by atoms with E-state index in [9.17, 15) is 0 Å². The normalized spacial score (nSPS) is 25.0.